The van der Waals surface area contributed by atoms with Crippen LogP contribution in [0.25, 0.3) is 21.9 Å². The number of fused-ring (bicyclic) bond motifs is 1. The lowest BCUT2D eigenvalue weighted by Gasteiger charge is -2.10. The molecule has 2 nitrogen and oxygen atoms in total. The first kappa shape index (κ1) is 16.0. The van der Waals surface area contributed by atoms with E-state index in [1.54, 1.807) is 24.8 Å². The molecule has 4 rings (SSSR count). The van der Waals surface area contributed by atoms with E-state index < -0.39 is 0 Å². The number of rotatable bonds is 4. The van der Waals surface area contributed by atoms with Gasteiger partial charge in [0.1, 0.15) is 0 Å². The fourth-order valence-corrected chi connectivity index (χ4v) is 3.06. The maximum absolute atomic E-state index is 4.24. The van der Waals surface area contributed by atoms with Gasteiger partial charge in [0.15, 0.2) is 0 Å². The van der Waals surface area contributed by atoms with Gasteiger partial charge in [-0.05, 0) is 80.6 Å². The van der Waals surface area contributed by atoms with Crippen LogP contribution in [0.4, 0.5) is 0 Å². The van der Waals surface area contributed by atoms with Crippen LogP contribution in [-0.2, 0) is 0 Å². The molecule has 2 aromatic carbocycles. The molecule has 0 aliphatic rings. The number of hydrogen-bond acceptors (Lipinski definition) is 2. The number of aromatic nitrogens is 2. The Hall–Kier alpha value is -3.52. The second-order valence-electron chi connectivity index (χ2n) is 6.21. The number of hydrogen-bond donors (Lipinski definition) is 0. The highest BCUT2D eigenvalue weighted by Crippen LogP contribution is 2.28. The second-order valence-corrected chi connectivity index (χ2v) is 6.21. The van der Waals surface area contributed by atoms with Gasteiger partial charge in [0.05, 0.1) is 0 Å². The molecule has 0 unspecified atom stereocenters. The van der Waals surface area contributed by atoms with Crippen molar-refractivity contribution in [1.82, 2.24) is 9.97 Å². The molecule has 0 saturated heterocycles. The maximum Gasteiger partial charge on any atom is 0.0273 e. The normalized spacial score (nSPS) is 10.6. The van der Waals surface area contributed by atoms with Crippen LogP contribution in [0.5, 0.6) is 0 Å². The van der Waals surface area contributed by atoms with E-state index in [1.807, 2.05) is 24.3 Å². The highest BCUT2D eigenvalue weighted by molar-refractivity contribution is 5.92. The summed E-state index contributed by atoms with van der Waals surface area (Å²) in [4.78, 5) is 8.14. The van der Waals surface area contributed by atoms with Gasteiger partial charge >= 0.3 is 0 Å². The minimum Gasteiger partial charge on any atom is -0.265 e. The molecule has 0 amide bonds. The molecule has 0 fully saturated rings. The van der Waals surface area contributed by atoms with E-state index in [0.717, 1.165) is 33.4 Å². The van der Waals surface area contributed by atoms with Gasteiger partial charge in [-0.15, -0.1) is 0 Å². The Labute approximate surface area is 153 Å². The maximum atomic E-state index is 4.24. The lowest BCUT2D eigenvalue weighted by atomic mass is 9.94. The molecule has 0 bridgehead atoms. The van der Waals surface area contributed by atoms with Gasteiger partial charge in [-0.1, -0.05) is 37.4 Å². The van der Waals surface area contributed by atoms with E-state index in [9.17, 15) is 0 Å². The van der Waals surface area contributed by atoms with Crippen LogP contribution in [-0.4, -0.2) is 9.97 Å². The van der Waals surface area contributed by atoms with Gasteiger partial charge in [0, 0.05) is 24.8 Å². The van der Waals surface area contributed by atoms with Crippen molar-refractivity contribution in [2.24, 2.45) is 0 Å². The quantitative estimate of drug-likeness (QED) is 0.475. The fraction of sp³-hybridized carbons (Fsp3) is 0. The topological polar surface area (TPSA) is 25.8 Å². The molecule has 0 atom stereocenters. The summed E-state index contributed by atoms with van der Waals surface area (Å²) < 4.78 is 0. The van der Waals surface area contributed by atoms with Crippen molar-refractivity contribution in [1.29, 1.82) is 0 Å². The zero-order chi connectivity index (χ0) is 17.9. The summed E-state index contributed by atoms with van der Waals surface area (Å²) in [5, 5.41) is 2.37. The molecular weight excluding hydrogens is 316 g/mol. The van der Waals surface area contributed by atoms with Crippen molar-refractivity contribution >= 4 is 21.9 Å². The largest absolute Gasteiger partial charge is 0.265 e. The van der Waals surface area contributed by atoms with E-state index in [-0.39, 0.29) is 0 Å². The Kier molecular flexibility index (Phi) is 4.16. The van der Waals surface area contributed by atoms with Crippen LogP contribution in [0.3, 0.4) is 0 Å². The summed E-state index contributed by atoms with van der Waals surface area (Å²) in [6, 6.07) is 20.8. The summed E-state index contributed by atoms with van der Waals surface area (Å²) in [6.07, 6.45) is 7.16. The van der Waals surface area contributed by atoms with Crippen molar-refractivity contribution in [3.05, 3.63) is 121 Å². The van der Waals surface area contributed by atoms with Crippen LogP contribution in [0.1, 0.15) is 22.3 Å². The molecule has 2 heteroatoms. The van der Waals surface area contributed by atoms with E-state index in [1.165, 1.54) is 10.8 Å². The van der Waals surface area contributed by atoms with Crippen LogP contribution in [0.2, 0.25) is 0 Å². The van der Waals surface area contributed by atoms with Gasteiger partial charge < -0.3 is 0 Å². The Bertz CT molecular complexity index is 1010. The Balaban J connectivity index is 1.69. The zero-order valence-corrected chi connectivity index (χ0v) is 14.4. The molecule has 26 heavy (non-hydrogen) atoms. The monoisotopic (exact) mass is 334 g/mol. The minimum atomic E-state index is 1.000. The molecule has 4 aromatic rings. The van der Waals surface area contributed by atoms with Crippen molar-refractivity contribution in [2.45, 2.75) is 0 Å². The summed E-state index contributed by atoms with van der Waals surface area (Å²) in [6.45, 7) is 8.48. The number of pyridine rings is 2. The summed E-state index contributed by atoms with van der Waals surface area (Å²) >= 11 is 0. The van der Waals surface area contributed by atoms with Gasteiger partial charge in [-0.25, -0.2) is 0 Å². The molecule has 2 aromatic heterocycles. The first-order chi connectivity index (χ1) is 12.7. The molecule has 0 radical (unpaired) electrons. The Morgan fingerprint density at radius 1 is 0.500 bits per heavy atom. The lowest BCUT2D eigenvalue weighted by molar-refractivity contribution is 1.32. The molecule has 0 spiro atoms. The Morgan fingerprint density at radius 2 is 0.885 bits per heavy atom. The summed E-state index contributed by atoms with van der Waals surface area (Å²) in [5.41, 5.74) is 6.40. The molecule has 124 valence electrons. The highest BCUT2D eigenvalue weighted by Gasteiger charge is 2.06. The van der Waals surface area contributed by atoms with Gasteiger partial charge in [0.25, 0.3) is 0 Å². The van der Waals surface area contributed by atoms with Crippen molar-refractivity contribution in [2.75, 3.05) is 0 Å². The predicted molar refractivity (Wildman–Crippen MR) is 109 cm³/mol. The average molecular weight is 334 g/mol. The van der Waals surface area contributed by atoms with Crippen LogP contribution in [0.15, 0.2) is 98.6 Å². The summed E-state index contributed by atoms with van der Waals surface area (Å²) in [5.74, 6) is 0. The molecule has 0 N–H and O–H groups in total. The first-order valence-electron chi connectivity index (χ1n) is 8.45. The molecule has 0 saturated carbocycles. The number of benzene rings is 2. The van der Waals surface area contributed by atoms with E-state index in [0.29, 0.717) is 0 Å². The van der Waals surface area contributed by atoms with Crippen molar-refractivity contribution < 1.29 is 0 Å². The minimum absolute atomic E-state index is 1.000. The van der Waals surface area contributed by atoms with E-state index in [4.69, 9.17) is 0 Å². The SMILES string of the molecule is C=C(c1ccncc1)c1ccc2cc(C(=C)c3ccncc3)ccc2c1. The predicted octanol–water partition coefficient (Wildman–Crippen LogP) is 5.75. The third kappa shape index (κ3) is 3.05. The van der Waals surface area contributed by atoms with Crippen LogP contribution >= 0.6 is 0 Å². The van der Waals surface area contributed by atoms with Crippen molar-refractivity contribution in [3.63, 3.8) is 0 Å². The van der Waals surface area contributed by atoms with Gasteiger partial charge in [-0.2, -0.15) is 0 Å². The van der Waals surface area contributed by atoms with E-state index in [2.05, 4.69) is 59.5 Å². The van der Waals surface area contributed by atoms with Crippen molar-refractivity contribution in [3.8, 4) is 0 Å². The fourth-order valence-electron chi connectivity index (χ4n) is 3.06. The van der Waals surface area contributed by atoms with E-state index >= 15 is 0 Å². The first-order valence-corrected chi connectivity index (χ1v) is 8.45. The lowest BCUT2D eigenvalue weighted by Crippen LogP contribution is -1.89. The third-order valence-corrected chi connectivity index (χ3v) is 4.59. The molecule has 2 heterocycles. The highest BCUT2D eigenvalue weighted by atomic mass is 14.6. The molecular formula is C24H18N2. The number of nitrogens with zero attached hydrogens (tertiary/aromatic N) is 2. The van der Waals surface area contributed by atoms with Crippen LogP contribution < -0.4 is 0 Å². The zero-order valence-electron chi connectivity index (χ0n) is 14.4. The smallest absolute Gasteiger partial charge is 0.0273 e. The second kappa shape index (κ2) is 6.77. The average Bonchev–Trinajstić information content (AvgIpc) is 2.73. The van der Waals surface area contributed by atoms with Gasteiger partial charge in [-0.3, -0.25) is 9.97 Å². The molecule has 0 aliphatic carbocycles. The van der Waals surface area contributed by atoms with Crippen LogP contribution in [0, 0.1) is 0 Å². The molecule has 0 aliphatic heterocycles. The summed E-state index contributed by atoms with van der Waals surface area (Å²) in [7, 11) is 0. The third-order valence-electron chi connectivity index (χ3n) is 4.59. The Morgan fingerprint density at radius 3 is 1.27 bits per heavy atom. The van der Waals surface area contributed by atoms with Gasteiger partial charge in [0.2, 0.25) is 0 Å². The standard InChI is InChI=1S/C24H18N2/c1-17(19-7-11-25-12-8-19)21-3-5-24-16-22(4-6-23(24)15-21)18(2)20-9-13-26-14-10-20/h3-16H,1-2H2.